The molecule has 27 heavy (non-hydrogen) atoms. The Morgan fingerprint density at radius 3 is 2.30 bits per heavy atom. The van der Waals surface area contributed by atoms with E-state index in [1.165, 1.54) is 0 Å². The summed E-state index contributed by atoms with van der Waals surface area (Å²) in [7, 11) is 0. The highest BCUT2D eigenvalue weighted by Gasteiger charge is 2.10. The van der Waals surface area contributed by atoms with Gasteiger partial charge in [-0.05, 0) is 55.0 Å². The minimum atomic E-state index is 0.456. The van der Waals surface area contributed by atoms with Gasteiger partial charge in [-0.3, -0.25) is 0 Å². The molecule has 5 heteroatoms. The molecule has 0 aliphatic carbocycles. The van der Waals surface area contributed by atoms with Gasteiger partial charge < -0.3 is 14.5 Å². The predicted octanol–water partition coefficient (Wildman–Crippen LogP) is 5.45. The van der Waals surface area contributed by atoms with Crippen LogP contribution in [0, 0.1) is 6.92 Å². The van der Waals surface area contributed by atoms with E-state index in [9.17, 15) is 0 Å². The zero-order valence-corrected chi connectivity index (χ0v) is 14.9. The summed E-state index contributed by atoms with van der Waals surface area (Å²) in [6.45, 7) is 2.48. The zero-order chi connectivity index (χ0) is 18.5. The number of hydrogen-bond acceptors (Lipinski definition) is 5. The molecular weight excluding hydrogens is 338 g/mol. The van der Waals surface area contributed by atoms with Crippen molar-refractivity contribution in [1.29, 1.82) is 0 Å². The summed E-state index contributed by atoms with van der Waals surface area (Å²) in [6.07, 6.45) is 0. The van der Waals surface area contributed by atoms with Crippen molar-refractivity contribution < 1.29 is 9.15 Å². The van der Waals surface area contributed by atoms with Gasteiger partial charge in [-0.2, -0.15) is 0 Å². The smallest absolute Gasteiger partial charge is 0.248 e. The molecule has 4 aromatic rings. The van der Waals surface area contributed by atoms with E-state index in [1.54, 1.807) is 0 Å². The van der Waals surface area contributed by atoms with Crippen LogP contribution < -0.4 is 10.1 Å². The number of ether oxygens (including phenoxy) is 1. The average molecular weight is 357 g/mol. The van der Waals surface area contributed by atoms with Gasteiger partial charge in [0.1, 0.15) is 11.5 Å². The molecule has 0 amide bonds. The lowest BCUT2D eigenvalue weighted by Crippen LogP contribution is -1.99. The van der Waals surface area contributed by atoms with Crippen LogP contribution in [-0.4, -0.2) is 10.2 Å². The van der Waals surface area contributed by atoms with Crippen LogP contribution in [-0.2, 0) is 6.54 Å². The number of benzene rings is 3. The first-order valence-corrected chi connectivity index (χ1v) is 8.73. The highest BCUT2D eigenvalue weighted by Crippen LogP contribution is 2.24. The molecule has 0 spiro atoms. The maximum atomic E-state index is 5.79. The van der Waals surface area contributed by atoms with Crippen molar-refractivity contribution in [2.24, 2.45) is 0 Å². The Balaban J connectivity index is 1.37. The molecule has 0 fully saturated rings. The zero-order valence-electron chi connectivity index (χ0n) is 14.9. The van der Waals surface area contributed by atoms with Crippen molar-refractivity contribution >= 4 is 5.69 Å². The van der Waals surface area contributed by atoms with E-state index in [-0.39, 0.29) is 0 Å². The van der Waals surface area contributed by atoms with E-state index in [2.05, 4.69) is 15.5 Å². The summed E-state index contributed by atoms with van der Waals surface area (Å²) in [5.74, 6) is 2.67. The molecule has 134 valence electrons. The van der Waals surface area contributed by atoms with E-state index in [4.69, 9.17) is 9.15 Å². The lowest BCUT2D eigenvalue weighted by Gasteiger charge is -2.07. The molecule has 1 heterocycles. The third-order valence-corrected chi connectivity index (χ3v) is 4.12. The van der Waals surface area contributed by atoms with Crippen LogP contribution >= 0.6 is 0 Å². The van der Waals surface area contributed by atoms with Crippen molar-refractivity contribution in [2.75, 3.05) is 5.32 Å². The quantitative estimate of drug-likeness (QED) is 0.497. The molecule has 0 unspecified atom stereocenters. The number of aryl methyl sites for hydroxylation is 1. The van der Waals surface area contributed by atoms with Gasteiger partial charge in [-0.25, -0.2) is 0 Å². The van der Waals surface area contributed by atoms with E-state index < -0.39 is 0 Å². The van der Waals surface area contributed by atoms with Gasteiger partial charge >= 0.3 is 0 Å². The molecule has 0 aliphatic rings. The van der Waals surface area contributed by atoms with Crippen molar-refractivity contribution in [3.63, 3.8) is 0 Å². The summed E-state index contributed by atoms with van der Waals surface area (Å²) in [5.41, 5.74) is 3.01. The molecule has 4 rings (SSSR count). The summed E-state index contributed by atoms with van der Waals surface area (Å²) >= 11 is 0. The number of rotatable bonds is 6. The van der Waals surface area contributed by atoms with Crippen LogP contribution in [0.1, 0.15) is 11.5 Å². The van der Waals surface area contributed by atoms with Crippen LogP contribution in [0.4, 0.5) is 5.69 Å². The molecule has 0 bridgehead atoms. The standard InChI is InChI=1S/C22H19N3O2/c1-16-7-5-6-10-20(16)22-25-24-21(27-22)15-23-17-11-13-19(14-12-17)26-18-8-3-2-4-9-18/h2-14,23H,15H2,1H3. The fourth-order valence-electron chi connectivity index (χ4n) is 2.69. The lowest BCUT2D eigenvalue weighted by atomic mass is 10.1. The Hall–Kier alpha value is -3.60. The number of aromatic nitrogens is 2. The van der Waals surface area contributed by atoms with Crippen molar-refractivity contribution in [3.8, 4) is 23.0 Å². The fourth-order valence-corrected chi connectivity index (χ4v) is 2.69. The van der Waals surface area contributed by atoms with Gasteiger partial charge in [-0.1, -0.05) is 36.4 Å². The van der Waals surface area contributed by atoms with Gasteiger partial charge in [0.2, 0.25) is 11.8 Å². The van der Waals surface area contributed by atoms with Gasteiger partial charge in [-0.15, -0.1) is 10.2 Å². The molecule has 1 N–H and O–H groups in total. The second-order valence-corrected chi connectivity index (χ2v) is 6.11. The Bertz CT molecular complexity index is 1010. The average Bonchev–Trinajstić information content (AvgIpc) is 3.17. The van der Waals surface area contributed by atoms with Crippen LogP contribution in [0.25, 0.3) is 11.5 Å². The normalized spacial score (nSPS) is 10.6. The second kappa shape index (κ2) is 7.74. The van der Waals surface area contributed by atoms with E-state index in [0.29, 0.717) is 18.3 Å². The summed E-state index contributed by atoms with van der Waals surface area (Å²) in [4.78, 5) is 0. The molecule has 3 aromatic carbocycles. The predicted molar refractivity (Wildman–Crippen MR) is 105 cm³/mol. The Labute approximate surface area is 157 Å². The molecule has 0 aliphatic heterocycles. The van der Waals surface area contributed by atoms with Crippen molar-refractivity contribution in [1.82, 2.24) is 10.2 Å². The number of hydrogen-bond donors (Lipinski definition) is 1. The lowest BCUT2D eigenvalue weighted by molar-refractivity contribution is 0.483. The number of anilines is 1. The molecule has 0 saturated carbocycles. The van der Waals surface area contributed by atoms with E-state index in [1.807, 2.05) is 85.8 Å². The third-order valence-electron chi connectivity index (χ3n) is 4.12. The van der Waals surface area contributed by atoms with E-state index in [0.717, 1.165) is 28.3 Å². The summed E-state index contributed by atoms with van der Waals surface area (Å²) in [5, 5.41) is 11.5. The third kappa shape index (κ3) is 4.15. The minimum Gasteiger partial charge on any atom is -0.457 e. The number of nitrogens with one attached hydrogen (secondary N) is 1. The van der Waals surface area contributed by atoms with Crippen molar-refractivity contribution in [3.05, 3.63) is 90.3 Å². The van der Waals surface area contributed by atoms with Crippen LogP contribution in [0.3, 0.4) is 0 Å². The van der Waals surface area contributed by atoms with Crippen LogP contribution in [0.2, 0.25) is 0 Å². The summed E-state index contributed by atoms with van der Waals surface area (Å²) in [6, 6.07) is 25.4. The van der Waals surface area contributed by atoms with Gasteiger partial charge in [0.25, 0.3) is 0 Å². The first kappa shape index (κ1) is 16.8. The SMILES string of the molecule is Cc1ccccc1-c1nnc(CNc2ccc(Oc3ccccc3)cc2)o1. The van der Waals surface area contributed by atoms with Crippen LogP contribution in [0.5, 0.6) is 11.5 Å². The maximum absolute atomic E-state index is 5.79. The Kier molecular flexibility index (Phi) is 4.83. The van der Waals surface area contributed by atoms with Crippen molar-refractivity contribution in [2.45, 2.75) is 13.5 Å². The van der Waals surface area contributed by atoms with Gasteiger partial charge in [0, 0.05) is 11.3 Å². The van der Waals surface area contributed by atoms with Gasteiger partial charge in [0.05, 0.1) is 6.54 Å². The maximum Gasteiger partial charge on any atom is 0.248 e. The molecule has 0 saturated heterocycles. The fraction of sp³-hybridized carbons (Fsp3) is 0.0909. The first-order valence-electron chi connectivity index (χ1n) is 8.73. The number of para-hydroxylation sites is 1. The molecule has 0 radical (unpaired) electrons. The topological polar surface area (TPSA) is 60.2 Å². The summed E-state index contributed by atoms with van der Waals surface area (Å²) < 4.78 is 11.6. The second-order valence-electron chi connectivity index (χ2n) is 6.11. The number of nitrogens with zero attached hydrogens (tertiary/aromatic N) is 2. The van der Waals surface area contributed by atoms with Crippen LogP contribution in [0.15, 0.2) is 83.3 Å². The Morgan fingerprint density at radius 1 is 0.815 bits per heavy atom. The highest BCUT2D eigenvalue weighted by atomic mass is 16.5. The minimum absolute atomic E-state index is 0.456. The molecule has 1 aromatic heterocycles. The monoisotopic (exact) mass is 357 g/mol. The first-order chi connectivity index (χ1) is 13.3. The molecular formula is C22H19N3O2. The Morgan fingerprint density at radius 2 is 1.52 bits per heavy atom. The van der Waals surface area contributed by atoms with Gasteiger partial charge in [0.15, 0.2) is 0 Å². The van der Waals surface area contributed by atoms with E-state index >= 15 is 0 Å². The highest BCUT2D eigenvalue weighted by molar-refractivity contribution is 5.57. The largest absolute Gasteiger partial charge is 0.457 e. The molecule has 5 nitrogen and oxygen atoms in total. The molecule has 0 atom stereocenters.